The highest BCUT2D eigenvalue weighted by molar-refractivity contribution is 5.50. The summed E-state index contributed by atoms with van der Waals surface area (Å²) in [6.45, 7) is 2.76. The second-order valence-electron chi connectivity index (χ2n) is 4.47. The second-order valence-corrected chi connectivity index (χ2v) is 4.47. The Bertz CT molecular complexity index is 419. The molecule has 4 heteroatoms. The first kappa shape index (κ1) is 12.2. The van der Waals surface area contributed by atoms with Crippen LogP contribution < -0.4 is 9.47 Å². The first-order chi connectivity index (χ1) is 8.08. The molecular weight excluding hydrogens is 218 g/mol. The van der Waals surface area contributed by atoms with Gasteiger partial charge >= 0.3 is 0 Å². The van der Waals surface area contributed by atoms with E-state index in [1.54, 1.807) is 14.2 Å². The highest BCUT2D eigenvalue weighted by atomic mass is 16.5. The summed E-state index contributed by atoms with van der Waals surface area (Å²) < 4.78 is 10.6. The van der Waals surface area contributed by atoms with Crippen LogP contribution in [0.4, 0.5) is 0 Å². The first-order valence-corrected chi connectivity index (χ1v) is 5.72. The van der Waals surface area contributed by atoms with E-state index in [0.29, 0.717) is 18.0 Å². The lowest BCUT2D eigenvalue weighted by molar-refractivity contribution is 0.0885. The van der Waals surface area contributed by atoms with E-state index in [-0.39, 0.29) is 6.04 Å². The van der Waals surface area contributed by atoms with Gasteiger partial charge in [-0.3, -0.25) is 4.90 Å². The average Bonchev–Trinajstić information content (AvgIpc) is 2.34. The molecule has 0 bridgehead atoms. The zero-order chi connectivity index (χ0) is 12.6. The van der Waals surface area contributed by atoms with Gasteiger partial charge in [0.25, 0.3) is 0 Å². The Hall–Kier alpha value is -1.26. The predicted molar refractivity (Wildman–Crippen MR) is 65.6 cm³/mol. The Labute approximate surface area is 102 Å². The number of methoxy groups -OCH3 is 2. The highest BCUT2D eigenvalue weighted by Gasteiger charge is 2.28. The number of hydrogen-bond donors (Lipinski definition) is 1. The Morgan fingerprint density at radius 3 is 2.24 bits per heavy atom. The molecule has 1 heterocycles. The van der Waals surface area contributed by atoms with Crippen molar-refractivity contribution in [1.82, 2.24) is 4.90 Å². The molecule has 1 aromatic carbocycles. The Kier molecular flexibility index (Phi) is 3.26. The van der Waals surface area contributed by atoms with E-state index in [9.17, 15) is 5.11 Å². The number of aliphatic hydroxyl groups excluding tert-OH is 1. The van der Waals surface area contributed by atoms with Crippen molar-refractivity contribution < 1.29 is 14.6 Å². The molecule has 2 rings (SSSR count). The SMILES string of the molecule is COc1cc2c(cc1OC)C(C)N(C)CC2O. The maximum atomic E-state index is 10.1. The van der Waals surface area contributed by atoms with Crippen LogP contribution in [-0.2, 0) is 0 Å². The third kappa shape index (κ3) is 1.98. The van der Waals surface area contributed by atoms with Crippen molar-refractivity contribution in [3.8, 4) is 11.5 Å². The molecule has 0 fully saturated rings. The molecule has 0 amide bonds. The van der Waals surface area contributed by atoms with Gasteiger partial charge in [-0.2, -0.15) is 0 Å². The van der Waals surface area contributed by atoms with Crippen LogP contribution in [0.2, 0.25) is 0 Å². The topological polar surface area (TPSA) is 41.9 Å². The van der Waals surface area contributed by atoms with Gasteiger partial charge in [0.2, 0.25) is 0 Å². The van der Waals surface area contributed by atoms with Gasteiger partial charge in [-0.1, -0.05) is 0 Å². The molecule has 4 nitrogen and oxygen atoms in total. The van der Waals surface area contributed by atoms with Gasteiger partial charge in [0.15, 0.2) is 11.5 Å². The number of nitrogens with zero attached hydrogens (tertiary/aromatic N) is 1. The third-order valence-corrected chi connectivity index (χ3v) is 3.52. The number of β-amino-alcohol motifs (C(OH)–C–C–N with tert-alkyl or cyclic N) is 1. The van der Waals surface area contributed by atoms with Gasteiger partial charge in [-0.15, -0.1) is 0 Å². The molecule has 0 saturated carbocycles. The van der Waals surface area contributed by atoms with E-state index >= 15 is 0 Å². The van der Waals surface area contributed by atoms with Crippen molar-refractivity contribution in [1.29, 1.82) is 0 Å². The number of ether oxygens (including phenoxy) is 2. The van der Waals surface area contributed by atoms with Gasteiger partial charge in [0, 0.05) is 12.6 Å². The molecule has 0 spiro atoms. The predicted octanol–water partition coefficient (Wildman–Crippen LogP) is 1.74. The summed E-state index contributed by atoms with van der Waals surface area (Å²) in [5.74, 6) is 1.38. The van der Waals surface area contributed by atoms with Crippen molar-refractivity contribution in [2.45, 2.75) is 19.1 Å². The standard InChI is InChI=1S/C13H19NO3/c1-8-9-5-12(16-3)13(17-4)6-10(9)11(15)7-14(8)2/h5-6,8,11,15H,7H2,1-4H3. The summed E-state index contributed by atoms with van der Waals surface area (Å²) >= 11 is 0. The average molecular weight is 237 g/mol. The Morgan fingerprint density at radius 2 is 1.71 bits per heavy atom. The normalized spacial score (nSPS) is 24.3. The van der Waals surface area contributed by atoms with E-state index in [1.165, 1.54) is 0 Å². The number of aliphatic hydroxyl groups is 1. The molecule has 1 aliphatic rings. The van der Waals surface area contributed by atoms with Crippen molar-refractivity contribution >= 4 is 0 Å². The van der Waals surface area contributed by atoms with Crippen LogP contribution in [0.5, 0.6) is 11.5 Å². The fraction of sp³-hybridized carbons (Fsp3) is 0.538. The van der Waals surface area contributed by atoms with E-state index < -0.39 is 6.10 Å². The van der Waals surface area contributed by atoms with Crippen molar-refractivity contribution in [2.24, 2.45) is 0 Å². The molecule has 0 aromatic heterocycles. The summed E-state index contributed by atoms with van der Waals surface area (Å²) in [4.78, 5) is 2.12. The van der Waals surface area contributed by atoms with Crippen molar-refractivity contribution in [2.75, 3.05) is 27.8 Å². The smallest absolute Gasteiger partial charge is 0.161 e. The summed E-state index contributed by atoms with van der Waals surface area (Å²) in [5.41, 5.74) is 2.04. The van der Waals surface area contributed by atoms with Crippen LogP contribution in [0.3, 0.4) is 0 Å². The largest absolute Gasteiger partial charge is 0.493 e. The van der Waals surface area contributed by atoms with Crippen LogP contribution in [-0.4, -0.2) is 37.8 Å². The lowest BCUT2D eigenvalue weighted by Crippen LogP contribution is -2.33. The van der Waals surface area contributed by atoms with Gasteiger partial charge < -0.3 is 14.6 Å². The summed E-state index contributed by atoms with van der Waals surface area (Å²) in [7, 11) is 5.24. The van der Waals surface area contributed by atoms with Crippen LogP contribution in [0, 0.1) is 0 Å². The second kappa shape index (κ2) is 4.55. The van der Waals surface area contributed by atoms with E-state index in [2.05, 4.69) is 11.8 Å². The molecule has 94 valence electrons. The molecule has 2 unspecified atom stereocenters. The van der Waals surface area contributed by atoms with E-state index in [0.717, 1.165) is 11.1 Å². The minimum Gasteiger partial charge on any atom is -0.493 e. The van der Waals surface area contributed by atoms with Crippen LogP contribution in [0.25, 0.3) is 0 Å². The minimum atomic E-state index is -0.467. The molecule has 1 aromatic rings. The fourth-order valence-electron chi connectivity index (χ4n) is 2.33. The van der Waals surface area contributed by atoms with Crippen LogP contribution in [0.15, 0.2) is 12.1 Å². The number of rotatable bonds is 2. The number of hydrogen-bond acceptors (Lipinski definition) is 4. The van der Waals surface area contributed by atoms with Gasteiger partial charge in [0.1, 0.15) is 0 Å². The van der Waals surface area contributed by atoms with Crippen LogP contribution in [0.1, 0.15) is 30.2 Å². The molecule has 0 aliphatic carbocycles. The van der Waals surface area contributed by atoms with Gasteiger partial charge in [-0.25, -0.2) is 0 Å². The molecular formula is C13H19NO3. The summed E-state index contributed by atoms with van der Waals surface area (Å²) in [5, 5.41) is 10.1. The molecule has 2 atom stereocenters. The highest BCUT2D eigenvalue weighted by Crippen LogP contribution is 2.40. The van der Waals surface area contributed by atoms with Crippen molar-refractivity contribution in [3.05, 3.63) is 23.3 Å². The zero-order valence-electron chi connectivity index (χ0n) is 10.7. The van der Waals surface area contributed by atoms with Gasteiger partial charge in [-0.05, 0) is 37.2 Å². The molecule has 17 heavy (non-hydrogen) atoms. The fourth-order valence-corrected chi connectivity index (χ4v) is 2.33. The number of fused-ring (bicyclic) bond motifs is 1. The Morgan fingerprint density at radius 1 is 1.18 bits per heavy atom. The number of likely N-dealkylation sites (N-methyl/N-ethyl adjacent to an activating group) is 1. The molecule has 0 saturated heterocycles. The third-order valence-electron chi connectivity index (χ3n) is 3.52. The summed E-state index contributed by atoms with van der Waals surface area (Å²) in [6.07, 6.45) is -0.467. The lowest BCUT2D eigenvalue weighted by atomic mass is 9.91. The maximum Gasteiger partial charge on any atom is 0.161 e. The van der Waals surface area contributed by atoms with Crippen LogP contribution >= 0.6 is 0 Å². The molecule has 0 radical (unpaired) electrons. The monoisotopic (exact) mass is 237 g/mol. The van der Waals surface area contributed by atoms with Gasteiger partial charge in [0.05, 0.1) is 20.3 Å². The first-order valence-electron chi connectivity index (χ1n) is 5.72. The zero-order valence-corrected chi connectivity index (χ0v) is 10.7. The minimum absolute atomic E-state index is 0.271. The van der Waals surface area contributed by atoms with E-state index in [1.807, 2.05) is 19.2 Å². The summed E-state index contributed by atoms with van der Waals surface area (Å²) in [6, 6.07) is 4.10. The quantitative estimate of drug-likeness (QED) is 0.850. The molecule has 1 aliphatic heterocycles. The molecule has 1 N–H and O–H groups in total. The van der Waals surface area contributed by atoms with Crippen molar-refractivity contribution in [3.63, 3.8) is 0 Å². The number of benzene rings is 1. The van der Waals surface area contributed by atoms with E-state index in [4.69, 9.17) is 9.47 Å². The Balaban J connectivity index is 2.54. The lowest BCUT2D eigenvalue weighted by Gasteiger charge is -2.35. The maximum absolute atomic E-state index is 10.1.